The summed E-state index contributed by atoms with van der Waals surface area (Å²) in [5.74, 6) is -1.65. The van der Waals surface area contributed by atoms with E-state index in [1.165, 1.54) is 19.1 Å². The molecule has 0 aliphatic rings. The predicted octanol–water partition coefficient (Wildman–Crippen LogP) is 0.0942. The summed E-state index contributed by atoms with van der Waals surface area (Å²) < 4.78 is 0. The molecule has 0 radical (unpaired) electrons. The minimum atomic E-state index is -1.52. The molecule has 0 saturated heterocycles. The molecule has 5 heteroatoms. The van der Waals surface area contributed by atoms with E-state index >= 15 is 0 Å². The number of fused-ring (bicyclic) bond motifs is 1. The number of aromatic amines is 1. The van der Waals surface area contributed by atoms with Crippen molar-refractivity contribution < 1.29 is 14.7 Å². The van der Waals surface area contributed by atoms with Gasteiger partial charge in [0, 0.05) is 11.1 Å². The van der Waals surface area contributed by atoms with Crippen LogP contribution in [0, 0.1) is 0 Å². The lowest BCUT2D eigenvalue weighted by atomic mass is 10.1. The molecule has 0 bridgehead atoms. The van der Waals surface area contributed by atoms with Gasteiger partial charge in [-0.05, 0) is 24.4 Å². The van der Waals surface area contributed by atoms with Crippen molar-refractivity contribution in [1.29, 1.82) is 0 Å². The highest BCUT2D eigenvalue weighted by Gasteiger charge is 2.05. The molecule has 1 aromatic carbocycles. The fraction of sp³-hybridized carbons (Fsp3) is 0.0833. The summed E-state index contributed by atoms with van der Waals surface area (Å²) in [5.41, 5.74) is -0.284. The van der Waals surface area contributed by atoms with Crippen molar-refractivity contribution >= 4 is 22.7 Å². The molecular weight excluding hydrogens is 222 g/mol. The van der Waals surface area contributed by atoms with E-state index in [0.29, 0.717) is 16.5 Å². The third-order valence-electron chi connectivity index (χ3n) is 2.47. The van der Waals surface area contributed by atoms with Crippen molar-refractivity contribution in [1.82, 2.24) is 4.98 Å². The summed E-state index contributed by atoms with van der Waals surface area (Å²) in [6.45, 7) is 1.41. The molecule has 86 valence electrons. The number of aromatic nitrogens is 1. The van der Waals surface area contributed by atoms with Crippen LogP contribution < -0.4 is 10.7 Å². The lowest BCUT2D eigenvalue weighted by molar-refractivity contribution is -0.255. The van der Waals surface area contributed by atoms with Crippen LogP contribution >= 0.6 is 0 Å². The second-order valence-electron chi connectivity index (χ2n) is 3.66. The molecule has 17 heavy (non-hydrogen) atoms. The van der Waals surface area contributed by atoms with E-state index in [1.54, 1.807) is 12.1 Å². The van der Waals surface area contributed by atoms with Crippen molar-refractivity contribution in [2.75, 3.05) is 0 Å². The molecule has 2 aromatic rings. The van der Waals surface area contributed by atoms with E-state index < -0.39 is 17.1 Å². The number of carboxylic acids is 1. The Labute approximate surface area is 95.7 Å². The van der Waals surface area contributed by atoms with Crippen LogP contribution in [-0.2, 0) is 0 Å². The number of carboxylic acid groups (broad SMARTS) is 1. The highest BCUT2D eigenvalue weighted by molar-refractivity contribution is 5.98. The maximum atomic E-state index is 11.4. The van der Waals surface area contributed by atoms with Gasteiger partial charge >= 0.3 is 0 Å². The molecule has 5 nitrogen and oxygen atoms in total. The molecule has 1 heterocycles. The van der Waals surface area contributed by atoms with Gasteiger partial charge in [0.1, 0.15) is 0 Å². The molecule has 1 aromatic heterocycles. The number of rotatable bonds is 2. The van der Waals surface area contributed by atoms with Crippen LogP contribution in [0.25, 0.3) is 10.9 Å². The first-order chi connectivity index (χ1) is 7.99. The van der Waals surface area contributed by atoms with Crippen LogP contribution in [0.4, 0.5) is 0 Å². The minimum absolute atomic E-state index is 0.128. The Morgan fingerprint density at radius 1 is 1.24 bits per heavy atom. The van der Waals surface area contributed by atoms with E-state index in [2.05, 4.69) is 4.98 Å². The second-order valence-corrected chi connectivity index (χ2v) is 3.66. The van der Waals surface area contributed by atoms with Crippen molar-refractivity contribution in [3.8, 4) is 0 Å². The number of aromatic carboxylic acids is 1. The Balaban J connectivity index is 2.75. The number of benzene rings is 1. The van der Waals surface area contributed by atoms with Crippen molar-refractivity contribution in [3.05, 3.63) is 45.7 Å². The number of carbonyl (C=O) groups is 2. The Morgan fingerprint density at radius 2 is 1.94 bits per heavy atom. The quantitative estimate of drug-likeness (QED) is 0.740. The van der Waals surface area contributed by atoms with E-state index in [9.17, 15) is 19.5 Å². The van der Waals surface area contributed by atoms with Gasteiger partial charge in [-0.15, -0.1) is 0 Å². The van der Waals surface area contributed by atoms with E-state index in [1.807, 2.05) is 0 Å². The average molecular weight is 230 g/mol. The largest absolute Gasteiger partial charge is 0.545 e. The number of ketones is 1. The smallest absolute Gasteiger partial charge is 0.257 e. The Kier molecular flexibility index (Phi) is 2.51. The number of hydrogen-bond acceptors (Lipinski definition) is 4. The van der Waals surface area contributed by atoms with Gasteiger partial charge in [-0.2, -0.15) is 0 Å². The fourth-order valence-electron chi connectivity index (χ4n) is 1.57. The number of H-pyrrole nitrogens is 1. The zero-order valence-corrected chi connectivity index (χ0v) is 8.94. The number of Topliss-reactive ketones (excluding diaryl/α,β-unsaturated/α-hetero) is 1. The fourth-order valence-corrected chi connectivity index (χ4v) is 1.57. The third-order valence-corrected chi connectivity index (χ3v) is 2.47. The van der Waals surface area contributed by atoms with Crippen molar-refractivity contribution in [2.45, 2.75) is 6.92 Å². The normalized spacial score (nSPS) is 10.4. The number of nitrogens with one attached hydrogen (secondary N) is 1. The zero-order valence-electron chi connectivity index (χ0n) is 8.94. The monoisotopic (exact) mass is 230 g/mol. The van der Waals surface area contributed by atoms with Crippen molar-refractivity contribution in [3.63, 3.8) is 0 Å². The van der Waals surface area contributed by atoms with Crippen LogP contribution in [0.5, 0.6) is 0 Å². The SMILES string of the molecule is CC(=O)c1ccc2cc(C(=O)[O-])c(=O)[nH]c2c1. The van der Waals surface area contributed by atoms with Gasteiger partial charge in [0.05, 0.1) is 11.5 Å². The summed E-state index contributed by atoms with van der Waals surface area (Å²) in [5, 5.41) is 11.2. The van der Waals surface area contributed by atoms with Gasteiger partial charge in [-0.1, -0.05) is 12.1 Å². The van der Waals surface area contributed by atoms with Gasteiger partial charge in [0.25, 0.3) is 5.56 Å². The molecular formula is C12H8NO4-. The Morgan fingerprint density at radius 3 is 2.53 bits per heavy atom. The first-order valence-electron chi connectivity index (χ1n) is 4.88. The van der Waals surface area contributed by atoms with E-state index in [0.717, 1.165) is 0 Å². The molecule has 2 rings (SSSR count). The maximum absolute atomic E-state index is 11.4. The number of pyridine rings is 1. The maximum Gasteiger partial charge on any atom is 0.257 e. The van der Waals surface area contributed by atoms with Gasteiger partial charge < -0.3 is 14.9 Å². The predicted molar refractivity (Wildman–Crippen MR) is 58.9 cm³/mol. The Bertz CT molecular complexity index is 684. The first-order valence-corrected chi connectivity index (χ1v) is 4.88. The number of carbonyl (C=O) groups excluding carboxylic acids is 2. The highest BCUT2D eigenvalue weighted by Crippen LogP contribution is 2.13. The number of hydrogen-bond donors (Lipinski definition) is 1. The summed E-state index contributed by atoms with van der Waals surface area (Å²) in [7, 11) is 0. The summed E-state index contributed by atoms with van der Waals surface area (Å²) in [6.07, 6.45) is 0. The molecule has 0 aliphatic heterocycles. The van der Waals surface area contributed by atoms with Crippen LogP contribution in [0.15, 0.2) is 29.1 Å². The second kappa shape index (κ2) is 3.86. The van der Waals surface area contributed by atoms with E-state index in [-0.39, 0.29) is 5.78 Å². The zero-order chi connectivity index (χ0) is 12.6. The lowest BCUT2D eigenvalue weighted by Crippen LogP contribution is -2.29. The molecule has 0 fully saturated rings. The van der Waals surface area contributed by atoms with Crippen LogP contribution in [-0.4, -0.2) is 16.7 Å². The Hall–Kier alpha value is -2.43. The molecule has 0 spiro atoms. The summed E-state index contributed by atoms with van der Waals surface area (Å²) in [4.78, 5) is 35.6. The van der Waals surface area contributed by atoms with Gasteiger partial charge in [0.15, 0.2) is 5.78 Å². The topological polar surface area (TPSA) is 90.1 Å². The van der Waals surface area contributed by atoms with Gasteiger partial charge in [-0.3, -0.25) is 9.59 Å². The lowest BCUT2D eigenvalue weighted by Gasteiger charge is -2.04. The molecule has 0 amide bonds. The van der Waals surface area contributed by atoms with Crippen molar-refractivity contribution in [2.24, 2.45) is 0 Å². The highest BCUT2D eigenvalue weighted by atomic mass is 16.4. The first kappa shape index (κ1) is 11.1. The molecule has 0 unspecified atom stereocenters. The van der Waals surface area contributed by atoms with Gasteiger partial charge in [-0.25, -0.2) is 0 Å². The van der Waals surface area contributed by atoms with Crippen LogP contribution in [0.2, 0.25) is 0 Å². The standard InChI is InChI=1S/C12H9NO4/c1-6(14)7-2-3-8-4-9(12(16)17)11(15)13-10(8)5-7/h2-5H,1H3,(H,13,15)(H,16,17)/p-1. The van der Waals surface area contributed by atoms with E-state index in [4.69, 9.17) is 0 Å². The molecule has 1 N–H and O–H groups in total. The third kappa shape index (κ3) is 1.94. The van der Waals surface area contributed by atoms with Crippen LogP contribution in [0.1, 0.15) is 27.6 Å². The summed E-state index contributed by atoms with van der Waals surface area (Å²) >= 11 is 0. The van der Waals surface area contributed by atoms with Crippen LogP contribution in [0.3, 0.4) is 0 Å². The summed E-state index contributed by atoms with van der Waals surface area (Å²) in [6, 6.07) is 5.89. The average Bonchev–Trinajstić information content (AvgIpc) is 2.26. The minimum Gasteiger partial charge on any atom is -0.545 e. The molecule has 0 saturated carbocycles. The van der Waals surface area contributed by atoms with Gasteiger partial charge in [0.2, 0.25) is 0 Å². The molecule has 0 aliphatic carbocycles. The molecule has 0 atom stereocenters.